The fourth-order valence-electron chi connectivity index (χ4n) is 5.57. The molecule has 1 fully saturated rings. The van der Waals surface area contributed by atoms with Gasteiger partial charge in [0.1, 0.15) is 11.5 Å². The van der Waals surface area contributed by atoms with E-state index in [2.05, 4.69) is 5.32 Å². The predicted molar refractivity (Wildman–Crippen MR) is 140 cm³/mol. The predicted octanol–water partition coefficient (Wildman–Crippen LogP) is 3.61. The number of rotatable bonds is 6. The molecule has 5 rings (SSSR count). The number of nitro groups is 1. The lowest BCUT2D eigenvalue weighted by Gasteiger charge is -2.51. The van der Waals surface area contributed by atoms with Crippen molar-refractivity contribution in [2.24, 2.45) is 5.41 Å². The molecule has 0 radical (unpaired) electrons. The standard InChI is InChI=1S/C28H26N4O7/c1-30-23-10-9-20(32(36)37)13-19(23)15-28(24(30)18-7-5-4-6-8-18)25(33)29-27(35)31(26(28)34)16-17-11-21(38-2)14-22(12-17)39-3/h4-14,24H,15-16H2,1-3H3,(H,29,33,35). The van der Waals surface area contributed by atoms with E-state index in [9.17, 15) is 24.5 Å². The van der Waals surface area contributed by atoms with Gasteiger partial charge in [0.05, 0.1) is 31.7 Å². The molecule has 1 spiro atoms. The summed E-state index contributed by atoms with van der Waals surface area (Å²) in [5, 5.41) is 13.9. The molecule has 0 aromatic heterocycles. The third kappa shape index (κ3) is 4.21. The third-order valence-electron chi connectivity index (χ3n) is 7.34. The number of anilines is 1. The summed E-state index contributed by atoms with van der Waals surface area (Å²) in [5.41, 5.74) is 0.410. The first-order valence-electron chi connectivity index (χ1n) is 12.1. The van der Waals surface area contributed by atoms with Gasteiger partial charge < -0.3 is 14.4 Å². The lowest BCUT2D eigenvalue weighted by Crippen LogP contribution is -2.68. The fraction of sp³-hybridized carbons (Fsp3) is 0.250. The smallest absolute Gasteiger partial charge is 0.331 e. The zero-order valence-electron chi connectivity index (χ0n) is 21.5. The molecule has 4 amide bonds. The highest BCUT2D eigenvalue weighted by molar-refractivity contribution is 6.20. The van der Waals surface area contributed by atoms with Crippen LogP contribution in [0.25, 0.3) is 0 Å². The average molecular weight is 531 g/mol. The number of imide groups is 2. The number of benzene rings is 3. The number of hydrogen-bond acceptors (Lipinski definition) is 8. The second kappa shape index (κ2) is 9.75. The van der Waals surface area contributed by atoms with Crippen molar-refractivity contribution in [2.75, 3.05) is 26.2 Å². The summed E-state index contributed by atoms with van der Waals surface area (Å²) in [6, 6.07) is 16.8. The summed E-state index contributed by atoms with van der Waals surface area (Å²) in [6.45, 7) is -0.153. The number of fused-ring (bicyclic) bond motifs is 1. The number of amides is 4. The molecule has 2 aliphatic rings. The Kier molecular flexibility index (Phi) is 6.43. The lowest BCUT2D eigenvalue weighted by atomic mass is 9.66. The molecule has 3 aromatic rings. The van der Waals surface area contributed by atoms with Crippen molar-refractivity contribution in [2.45, 2.75) is 19.0 Å². The molecule has 200 valence electrons. The van der Waals surface area contributed by atoms with E-state index >= 15 is 0 Å². The second-order valence-electron chi connectivity index (χ2n) is 9.51. The van der Waals surface area contributed by atoms with Crippen LogP contribution >= 0.6 is 0 Å². The molecular formula is C28H26N4O7. The molecule has 1 saturated heterocycles. The second-order valence-corrected chi connectivity index (χ2v) is 9.51. The van der Waals surface area contributed by atoms with Gasteiger partial charge in [0, 0.05) is 37.4 Å². The van der Waals surface area contributed by atoms with Crippen molar-refractivity contribution >= 4 is 29.2 Å². The quantitative estimate of drug-likeness (QED) is 0.291. The molecule has 11 nitrogen and oxygen atoms in total. The molecule has 2 aliphatic heterocycles. The van der Waals surface area contributed by atoms with Crippen LogP contribution in [-0.4, -0.2) is 48.9 Å². The highest BCUT2D eigenvalue weighted by Crippen LogP contribution is 2.51. The number of carbonyl (C=O) groups excluding carboxylic acids is 3. The van der Waals surface area contributed by atoms with Gasteiger partial charge in [-0.25, -0.2) is 4.79 Å². The van der Waals surface area contributed by atoms with E-state index in [0.717, 1.165) is 4.90 Å². The molecule has 0 aliphatic carbocycles. The van der Waals surface area contributed by atoms with Gasteiger partial charge in [-0.2, -0.15) is 0 Å². The van der Waals surface area contributed by atoms with Crippen molar-refractivity contribution in [3.63, 3.8) is 0 Å². The van der Waals surface area contributed by atoms with Crippen LogP contribution in [0, 0.1) is 15.5 Å². The molecule has 39 heavy (non-hydrogen) atoms. The van der Waals surface area contributed by atoms with Crippen LogP contribution in [0.5, 0.6) is 11.5 Å². The Morgan fingerprint density at radius 2 is 1.67 bits per heavy atom. The molecule has 11 heteroatoms. The highest BCUT2D eigenvalue weighted by atomic mass is 16.6. The Balaban J connectivity index is 1.66. The van der Waals surface area contributed by atoms with E-state index in [-0.39, 0.29) is 18.7 Å². The average Bonchev–Trinajstić information content (AvgIpc) is 2.94. The van der Waals surface area contributed by atoms with E-state index in [0.29, 0.717) is 33.9 Å². The molecule has 2 unspecified atom stereocenters. The van der Waals surface area contributed by atoms with Crippen molar-refractivity contribution in [1.82, 2.24) is 10.2 Å². The molecule has 1 N–H and O–H groups in total. The van der Waals surface area contributed by atoms with Gasteiger partial charge in [-0.3, -0.25) is 29.9 Å². The maximum Gasteiger partial charge on any atom is 0.331 e. The normalized spacial score (nSPS) is 20.5. The fourth-order valence-corrected chi connectivity index (χ4v) is 5.57. The van der Waals surface area contributed by atoms with Gasteiger partial charge in [0.2, 0.25) is 11.8 Å². The van der Waals surface area contributed by atoms with Crippen LogP contribution in [0.1, 0.15) is 22.7 Å². The number of barbiturate groups is 1. The van der Waals surface area contributed by atoms with E-state index in [1.54, 1.807) is 48.3 Å². The van der Waals surface area contributed by atoms with Crippen LogP contribution in [0.15, 0.2) is 66.7 Å². The number of non-ortho nitro benzene ring substituents is 1. The number of urea groups is 1. The summed E-state index contributed by atoms with van der Waals surface area (Å²) in [5.74, 6) is -0.507. The zero-order valence-corrected chi connectivity index (χ0v) is 21.5. The van der Waals surface area contributed by atoms with E-state index < -0.39 is 34.2 Å². The topological polar surface area (TPSA) is 131 Å². The zero-order chi connectivity index (χ0) is 27.9. The maximum absolute atomic E-state index is 14.4. The minimum absolute atomic E-state index is 0.135. The SMILES string of the molecule is COc1cc(CN2C(=O)NC(=O)C3(Cc4cc([N+](=O)[O-])ccc4N(C)C3c3ccccc3)C2=O)cc(OC)c1. The number of hydrogen-bond donors (Lipinski definition) is 1. The van der Waals surface area contributed by atoms with E-state index in [1.165, 1.54) is 26.4 Å². The first-order valence-corrected chi connectivity index (χ1v) is 12.1. The number of nitrogens with one attached hydrogen (secondary N) is 1. The maximum atomic E-state index is 14.4. The van der Waals surface area contributed by atoms with Gasteiger partial charge >= 0.3 is 6.03 Å². The Hall–Kier alpha value is -4.93. The molecule has 0 bridgehead atoms. The van der Waals surface area contributed by atoms with Crippen molar-refractivity contribution in [3.8, 4) is 11.5 Å². The van der Waals surface area contributed by atoms with Gasteiger partial charge in [-0.15, -0.1) is 0 Å². The minimum Gasteiger partial charge on any atom is -0.497 e. The van der Waals surface area contributed by atoms with Crippen LogP contribution in [0.4, 0.5) is 16.2 Å². The highest BCUT2D eigenvalue weighted by Gasteiger charge is 2.62. The summed E-state index contributed by atoms with van der Waals surface area (Å²) in [7, 11) is 4.71. The van der Waals surface area contributed by atoms with Gasteiger partial charge in [0.25, 0.3) is 5.69 Å². The lowest BCUT2D eigenvalue weighted by molar-refractivity contribution is -0.384. The van der Waals surface area contributed by atoms with E-state index in [1.807, 2.05) is 18.2 Å². The third-order valence-corrected chi connectivity index (χ3v) is 7.34. The van der Waals surface area contributed by atoms with Crippen LogP contribution in [0.2, 0.25) is 0 Å². The first-order chi connectivity index (χ1) is 18.7. The number of nitrogens with zero attached hydrogens (tertiary/aromatic N) is 3. The van der Waals surface area contributed by atoms with Gasteiger partial charge in [-0.05, 0) is 34.9 Å². The summed E-state index contributed by atoms with van der Waals surface area (Å²) in [4.78, 5) is 55.0. The first kappa shape index (κ1) is 25.7. The number of carbonyl (C=O) groups is 3. The molecular weight excluding hydrogens is 504 g/mol. The monoisotopic (exact) mass is 530 g/mol. The molecule has 0 saturated carbocycles. The summed E-state index contributed by atoms with van der Waals surface area (Å²) < 4.78 is 10.7. The Bertz CT molecular complexity index is 1470. The Morgan fingerprint density at radius 3 is 2.28 bits per heavy atom. The van der Waals surface area contributed by atoms with Gasteiger partial charge in [0.15, 0.2) is 5.41 Å². The van der Waals surface area contributed by atoms with Crippen molar-refractivity contribution < 1.29 is 28.8 Å². The van der Waals surface area contributed by atoms with Crippen molar-refractivity contribution in [3.05, 3.63) is 93.5 Å². The largest absolute Gasteiger partial charge is 0.497 e. The number of nitro benzene ring substituents is 1. The van der Waals surface area contributed by atoms with Crippen LogP contribution in [0.3, 0.4) is 0 Å². The number of methoxy groups -OCH3 is 2. The van der Waals surface area contributed by atoms with Crippen molar-refractivity contribution in [1.29, 1.82) is 0 Å². The number of ether oxygens (including phenoxy) is 2. The minimum atomic E-state index is -1.78. The van der Waals surface area contributed by atoms with Crippen LogP contribution < -0.4 is 19.7 Å². The molecule has 2 heterocycles. The Morgan fingerprint density at radius 1 is 1.00 bits per heavy atom. The molecule has 3 aromatic carbocycles. The summed E-state index contributed by atoms with van der Waals surface area (Å²) in [6.07, 6.45) is -0.135. The van der Waals surface area contributed by atoms with E-state index in [4.69, 9.17) is 9.47 Å². The Labute approximate surface area is 224 Å². The van der Waals surface area contributed by atoms with Crippen LogP contribution in [-0.2, 0) is 22.6 Å². The molecule has 2 atom stereocenters. The van der Waals surface area contributed by atoms with Gasteiger partial charge in [-0.1, -0.05) is 30.3 Å². The summed E-state index contributed by atoms with van der Waals surface area (Å²) >= 11 is 0.